The lowest BCUT2D eigenvalue weighted by Gasteiger charge is -2.04. The first kappa shape index (κ1) is 10.3. The molecule has 1 rings (SSSR count). The van der Waals surface area contributed by atoms with Gasteiger partial charge < -0.3 is 0 Å². The van der Waals surface area contributed by atoms with Crippen molar-refractivity contribution in [2.75, 3.05) is 0 Å². The summed E-state index contributed by atoms with van der Waals surface area (Å²) in [6.45, 7) is 0. The van der Waals surface area contributed by atoms with E-state index in [0.717, 1.165) is 0 Å². The highest BCUT2D eigenvalue weighted by Crippen LogP contribution is 2.25. The minimum absolute atomic E-state index is 0.122. The van der Waals surface area contributed by atoms with Crippen molar-refractivity contribution in [1.29, 1.82) is 0 Å². The Bertz CT molecular complexity index is 311. The van der Waals surface area contributed by atoms with Crippen molar-refractivity contribution in [3.63, 3.8) is 0 Å². The van der Waals surface area contributed by atoms with Crippen molar-refractivity contribution in [3.05, 3.63) is 34.9 Å². The van der Waals surface area contributed by atoms with Gasteiger partial charge in [-0.25, -0.2) is 17.6 Å². The van der Waals surface area contributed by atoms with Crippen LogP contribution in [0.15, 0.2) is 12.1 Å². The summed E-state index contributed by atoms with van der Waals surface area (Å²) in [6, 6.07) is 1.15. The Kier molecular flexibility index (Phi) is 3.14. The highest BCUT2D eigenvalue weighted by Gasteiger charge is 2.16. The molecule has 72 valence electrons. The van der Waals surface area contributed by atoms with Crippen LogP contribution >= 0.6 is 11.6 Å². The van der Waals surface area contributed by atoms with Crippen molar-refractivity contribution in [2.45, 2.75) is 12.3 Å². The number of rotatable bonds is 2. The minimum Gasteiger partial charge on any atom is -0.207 e. The summed E-state index contributed by atoms with van der Waals surface area (Å²) in [6.07, 6.45) is -3.01. The van der Waals surface area contributed by atoms with Crippen molar-refractivity contribution in [3.8, 4) is 0 Å². The lowest BCUT2D eigenvalue weighted by atomic mass is 10.1. The van der Waals surface area contributed by atoms with Crippen LogP contribution < -0.4 is 0 Å². The zero-order chi connectivity index (χ0) is 10.0. The third-order valence-electron chi connectivity index (χ3n) is 1.54. The van der Waals surface area contributed by atoms with E-state index in [2.05, 4.69) is 0 Å². The van der Waals surface area contributed by atoms with E-state index < -0.39 is 23.6 Å². The molecule has 0 bridgehead atoms. The molecule has 1 aromatic rings. The van der Waals surface area contributed by atoms with E-state index in [-0.39, 0.29) is 11.4 Å². The van der Waals surface area contributed by atoms with Crippen LogP contribution in [0.1, 0.15) is 17.6 Å². The molecule has 0 aliphatic carbocycles. The van der Waals surface area contributed by atoms with Crippen LogP contribution in [0.25, 0.3) is 0 Å². The Morgan fingerprint density at radius 1 is 1.15 bits per heavy atom. The maximum Gasteiger partial charge on any atom is 0.266 e. The average molecular weight is 213 g/mol. The lowest BCUT2D eigenvalue weighted by Crippen LogP contribution is -1.96. The first-order valence-corrected chi connectivity index (χ1v) is 3.91. The van der Waals surface area contributed by atoms with E-state index in [1.54, 1.807) is 0 Å². The van der Waals surface area contributed by atoms with Crippen molar-refractivity contribution in [1.82, 2.24) is 0 Å². The van der Waals surface area contributed by atoms with Crippen LogP contribution in [0.2, 0.25) is 0 Å². The molecule has 0 nitrogen and oxygen atoms in total. The quantitative estimate of drug-likeness (QED) is 0.519. The first-order chi connectivity index (χ1) is 6.06. The largest absolute Gasteiger partial charge is 0.266 e. The van der Waals surface area contributed by atoms with E-state index in [4.69, 9.17) is 11.6 Å². The molecule has 5 heteroatoms. The summed E-state index contributed by atoms with van der Waals surface area (Å²) in [4.78, 5) is 0. The van der Waals surface area contributed by atoms with Crippen LogP contribution in [0.4, 0.5) is 17.6 Å². The average Bonchev–Trinajstić information content (AvgIpc) is 2.07. The van der Waals surface area contributed by atoms with Gasteiger partial charge in [0.1, 0.15) is 11.6 Å². The minimum atomic E-state index is -3.01. The molecule has 0 atom stereocenters. The second-order valence-electron chi connectivity index (χ2n) is 2.40. The van der Waals surface area contributed by atoms with Gasteiger partial charge in [-0.05, 0) is 12.1 Å². The fourth-order valence-electron chi connectivity index (χ4n) is 0.873. The standard InChI is InChI=1S/C8H5ClF4/c9-3-4-1-7(11)5(8(12)13)2-6(4)10/h1-2,8H,3H2. The van der Waals surface area contributed by atoms with Crippen LogP contribution in [0.5, 0.6) is 0 Å². The molecular formula is C8H5ClF4. The molecule has 0 saturated heterocycles. The molecule has 0 spiro atoms. The van der Waals surface area contributed by atoms with E-state index in [0.29, 0.717) is 12.1 Å². The van der Waals surface area contributed by atoms with Crippen LogP contribution in [-0.4, -0.2) is 0 Å². The van der Waals surface area contributed by atoms with Gasteiger partial charge in [0.2, 0.25) is 0 Å². The zero-order valence-electron chi connectivity index (χ0n) is 6.33. The van der Waals surface area contributed by atoms with Gasteiger partial charge in [-0.3, -0.25) is 0 Å². The summed E-state index contributed by atoms with van der Waals surface area (Å²) in [5.74, 6) is -2.29. The Labute approximate surface area is 77.1 Å². The van der Waals surface area contributed by atoms with Crippen molar-refractivity contribution < 1.29 is 17.6 Å². The smallest absolute Gasteiger partial charge is 0.207 e. The molecule has 0 N–H and O–H groups in total. The topological polar surface area (TPSA) is 0 Å². The van der Waals surface area contributed by atoms with Gasteiger partial charge in [-0.15, -0.1) is 11.6 Å². The molecule has 0 saturated carbocycles. The van der Waals surface area contributed by atoms with E-state index in [1.165, 1.54) is 0 Å². The second-order valence-corrected chi connectivity index (χ2v) is 2.67. The lowest BCUT2D eigenvalue weighted by molar-refractivity contribution is 0.145. The van der Waals surface area contributed by atoms with Gasteiger partial charge >= 0.3 is 0 Å². The van der Waals surface area contributed by atoms with Crippen LogP contribution in [0, 0.1) is 11.6 Å². The van der Waals surface area contributed by atoms with Crippen LogP contribution in [0.3, 0.4) is 0 Å². The molecule has 1 aromatic carbocycles. The van der Waals surface area contributed by atoms with E-state index in [9.17, 15) is 17.6 Å². The third-order valence-corrected chi connectivity index (χ3v) is 1.83. The molecule has 0 unspecified atom stereocenters. The maximum atomic E-state index is 12.8. The fourth-order valence-corrected chi connectivity index (χ4v) is 1.08. The summed E-state index contributed by atoms with van der Waals surface area (Å²) in [7, 11) is 0. The van der Waals surface area contributed by atoms with Gasteiger partial charge in [0.15, 0.2) is 0 Å². The second kappa shape index (κ2) is 3.96. The Morgan fingerprint density at radius 2 is 1.77 bits per heavy atom. The molecule has 0 aliphatic heterocycles. The molecular weight excluding hydrogens is 208 g/mol. The van der Waals surface area contributed by atoms with Gasteiger partial charge in [0, 0.05) is 5.56 Å². The Hall–Kier alpha value is -0.770. The SMILES string of the molecule is Fc1cc(C(F)F)c(F)cc1CCl. The number of benzene rings is 1. The molecule has 0 aliphatic rings. The van der Waals surface area contributed by atoms with Gasteiger partial charge in [-0.1, -0.05) is 0 Å². The predicted molar refractivity (Wildman–Crippen MR) is 40.9 cm³/mol. The summed E-state index contributed by atoms with van der Waals surface area (Å²) in [5, 5.41) is 0. The normalized spacial score (nSPS) is 10.9. The number of halogens is 5. The van der Waals surface area contributed by atoms with Crippen molar-refractivity contribution >= 4 is 11.6 Å². The predicted octanol–water partition coefficient (Wildman–Crippen LogP) is 3.64. The molecule has 0 fully saturated rings. The van der Waals surface area contributed by atoms with Gasteiger partial charge in [-0.2, -0.15) is 0 Å². The number of hydrogen-bond donors (Lipinski definition) is 0. The number of alkyl halides is 3. The summed E-state index contributed by atoms with van der Waals surface area (Å²) in [5.41, 5.74) is -1.06. The molecule has 0 radical (unpaired) electrons. The Balaban J connectivity index is 3.20. The zero-order valence-corrected chi connectivity index (χ0v) is 7.08. The highest BCUT2D eigenvalue weighted by atomic mass is 35.5. The molecule has 0 aromatic heterocycles. The van der Waals surface area contributed by atoms with Crippen molar-refractivity contribution in [2.24, 2.45) is 0 Å². The molecule has 0 amide bonds. The summed E-state index contributed by atoms with van der Waals surface area (Å²) < 4.78 is 49.6. The first-order valence-electron chi connectivity index (χ1n) is 3.38. The van der Waals surface area contributed by atoms with Gasteiger partial charge in [0.25, 0.3) is 6.43 Å². The molecule has 0 heterocycles. The highest BCUT2D eigenvalue weighted by molar-refractivity contribution is 6.17. The maximum absolute atomic E-state index is 12.8. The number of hydrogen-bond acceptors (Lipinski definition) is 0. The van der Waals surface area contributed by atoms with Gasteiger partial charge in [0.05, 0.1) is 11.4 Å². The van der Waals surface area contributed by atoms with E-state index >= 15 is 0 Å². The molecule has 13 heavy (non-hydrogen) atoms. The Morgan fingerprint density at radius 3 is 2.23 bits per heavy atom. The van der Waals surface area contributed by atoms with E-state index in [1.807, 2.05) is 0 Å². The monoisotopic (exact) mass is 212 g/mol. The van der Waals surface area contributed by atoms with Crippen LogP contribution in [-0.2, 0) is 5.88 Å². The summed E-state index contributed by atoms with van der Waals surface area (Å²) >= 11 is 5.24. The fraction of sp³-hybridized carbons (Fsp3) is 0.250. The third kappa shape index (κ3) is 2.12.